The molecule has 0 spiro atoms. The van der Waals surface area contributed by atoms with Crippen molar-refractivity contribution >= 4 is 39.3 Å². The number of anilines is 1. The van der Waals surface area contributed by atoms with Crippen LogP contribution in [0.2, 0.25) is 0 Å². The van der Waals surface area contributed by atoms with Crippen molar-refractivity contribution in [3.05, 3.63) is 28.2 Å². The van der Waals surface area contributed by atoms with E-state index in [9.17, 15) is 4.79 Å². The molecule has 0 aliphatic carbocycles. The third kappa shape index (κ3) is 4.33. The van der Waals surface area contributed by atoms with Crippen LogP contribution < -0.4 is 11.1 Å². The number of carbonyl (C=O) groups is 1. The lowest BCUT2D eigenvalue weighted by Gasteiger charge is -2.13. The maximum absolute atomic E-state index is 11.8. The minimum atomic E-state index is -0.449. The van der Waals surface area contributed by atoms with Crippen LogP contribution in [-0.4, -0.2) is 24.0 Å². The molecule has 0 saturated carbocycles. The lowest BCUT2D eigenvalue weighted by molar-refractivity contribution is -0.117. The van der Waals surface area contributed by atoms with Gasteiger partial charge in [-0.15, -0.1) is 0 Å². The SMILES string of the molecule is CSCC[C@@H](N)C(=O)Nc1cccc(C)c1Br. The molecule has 1 rings (SSSR count). The predicted octanol–water partition coefficient (Wildman–Crippen LogP) is 2.78. The first-order chi connectivity index (χ1) is 8.06. The summed E-state index contributed by atoms with van der Waals surface area (Å²) in [5, 5.41) is 2.84. The van der Waals surface area contributed by atoms with Gasteiger partial charge in [-0.2, -0.15) is 11.8 Å². The summed E-state index contributed by atoms with van der Waals surface area (Å²) in [4.78, 5) is 11.8. The first kappa shape index (κ1) is 14.5. The second-order valence-electron chi connectivity index (χ2n) is 3.81. The zero-order valence-electron chi connectivity index (χ0n) is 10.00. The van der Waals surface area contributed by atoms with E-state index in [4.69, 9.17) is 5.73 Å². The van der Waals surface area contributed by atoms with Crippen LogP contribution >= 0.6 is 27.7 Å². The lowest BCUT2D eigenvalue weighted by Crippen LogP contribution is -2.36. The molecule has 0 radical (unpaired) electrons. The second-order valence-corrected chi connectivity index (χ2v) is 5.59. The molecule has 17 heavy (non-hydrogen) atoms. The number of nitrogens with one attached hydrogen (secondary N) is 1. The van der Waals surface area contributed by atoms with Gasteiger partial charge in [0.15, 0.2) is 0 Å². The fourth-order valence-electron chi connectivity index (χ4n) is 1.35. The van der Waals surface area contributed by atoms with E-state index in [1.807, 2.05) is 31.4 Å². The Morgan fingerprint density at radius 1 is 1.59 bits per heavy atom. The Morgan fingerprint density at radius 3 is 2.94 bits per heavy atom. The van der Waals surface area contributed by atoms with E-state index in [0.29, 0.717) is 6.42 Å². The van der Waals surface area contributed by atoms with Crippen molar-refractivity contribution in [1.29, 1.82) is 0 Å². The third-order valence-electron chi connectivity index (χ3n) is 2.42. The van der Waals surface area contributed by atoms with Gasteiger partial charge in [-0.3, -0.25) is 4.79 Å². The van der Waals surface area contributed by atoms with Crippen molar-refractivity contribution in [2.45, 2.75) is 19.4 Å². The number of hydrogen-bond acceptors (Lipinski definition) is 3. The van der Waals surface area contributed by atoms with Crippen molar-refractivity contribution in [3.8, 4) is 0 Å². The van der Waals surface area contributed by atoms with Crippen LogP contribution in [0.3, 0.4) is 0 Å². The van der Waals surface area contributed by atoms with Crippen LogP contribution in [0.15, 0.2) is 22.7 Å². The van der Waals surface area contributed by atoms with E-state index < -0.39 is 6.04 Å². The van der Waals surface area contributed by atoms with Crippen molar-refractivity contribution in [1.82, 2.24) is 0 Å². The van der Waals surface area contributed by atoms with Gasteiger partial charge in [-0.05, 0) is 52.9 Å². The van der Waals surface area contributed by atoms with Crippen LogP contribution in [0.1, 0.15) is 12.0 Å². The molecule has 0 fully saturated rings. The van der Waals surface area contributed by atoms with E-state index in [0.717, 1.165) is 21.5 Å². The number of hydrogen-bond donors (Lipinski definition) is 2. The Morgan fingerprint density at radius 2 is 2.29 bits per heavy atom. The Bertz CT molecular complexity index is 398. The summed E-state index contributed by atoms with van der Waals surface area (Å²) in [7, 11) is 0. The highest BCUT2D eigenvalue weighted by Crippen LogP contribution is 2.25. The van der Waals surface area contributed by atoms with Crippen LogP contribution in [0.25, 0.3) is 0 Å². The predicted molar refractivity (Wildman–Crippen MR) is 78.5 cm³/mol. The monoisotopic (exact) mass is 316 g/mol. The van der Waals surface area contributed by atoms with Crippen molar-refractivity contribution < 1.29 is 4.79 Å². The first-order valence-corrected chi connectivity index (χ1v) is 7.55. The fraction of sp³-hybridized carbons (Fsp3) is 0.417. The van der Waals surface area contributed by atoms with E-state index in [1.54, 1.807) is 11.8 Å². The number of nitrogens with two attached hydrogens (primary N) is 1. The zero-order chi connectivity index (χ0) is 12.8. The maximum Gasteiger partial charge on any atom is 0.241 e. The molecule has 1 aromatic rings. The summed E-state index contributed by atoms with van der Waals surface area (Å²) < 4.78 is 0.908. The van der Waals surface area contributed by atoms with Crippen molar-refractivity contribution in [2.75, 3.05) is 17.3 Å². The maximum atomic E-state index is 11.8. The van der Waals surface area contributed by atoms with Gasteiger partial charge in [0.1, 0.15) is 0 Å². The van der Waals surface area contributed by atoms with Crippen molar-refractivity contribution in [3.63, 3.8) is 0 Å². The molecule has 0 aromatic heterocycles. The Hall–Kier alpha value is -0.520. The van der Waals surface area contributed by atoms with Gasteiger partial charge < -0.3 is 11.1 Å². The average molecular weight is 317 g/mol. The molecule has 0 aliphatic heterocycles. The zero-order valence-corrected chi connectivity index (χ0v) is 12.4. The molecule has 0 bridgehead atoms. The number of halogens is 1. The van der Waals surface area contributed by atoms with Crippen LogP contribution in [0.5, 0.6) is 0 Å². The lowest BCUT2D eigenvalue weighted by atomic mass is 10.2. The molecule has 0 saturated heterocycles. The highest BCUT2D eigenvalue weighted by atomic mass is 79.9. The Balaban J connectivity index is 2.64. The quantitative estimate of drug-likeness (QED) is 0.878. The number of rotatable bonds is 5. The largest absolute Gasteiger partial charge is 0.324 e. The third-order valence-corrected chi connectivity index (χ3v) is 4.12. The van der Waals surface area contributed by atoms with E-state index >= 15 is 0 Å². The summed E-state index contributed by atoms with van der Waals surface area (Å²) in [6.07, 6.45) is 2.69. The Kier molecular flexibility index (Phi) is 6.02. The molecule has 1 atom stereocenters. The second kappa shape index (κ2) is 7.03. The summed E-state index contributed by atoms with van der Waals surface area (Å²) in [6, 6.07) is 5.29. The first-order valence-electron chi connectivity index (χ1n) is 5.36. The van der Waals surface area contributed by atoms with Gasteiger partial charge in [0.05, 0.1) is 11.7 Å². The summed E-state index contributed by atoms with van der Waals surface area (Å²) in [5.74, 6) is 0.758. The highest BCUT2D eigenvalue weighted by molar-refractivity contribution is 9.10. The Labute approximate surface area is 115 Å². The number of benzene rings is 1. The standard InChI is InChI=1S/C12H17BrN2OS/c1-8-4-3-5-10(11(8)13)15-12(16)9(14)6-7-17-2/h3-5,9H,6-7,14H2,1-2H3,(H,15,16)/t9-/m1/s1. The fourth-order valence-corrected chi connectivity index (χ4v) is 2.20. The molecule has 1 aromatic carbocycles. The van der Waals surface area contributed by atoms with Crippen LogP contribution in [0.4, 0.5) is 5.69 Å². The van der Waals surface area contributed by atoms with Gasteiger partial charge in [-0.25, -0.2) is 0 Å². The minimum absolute atomic E-state index is 0.134. The van der Waals surface area contributed by atoms with Gasteiger partial charge in [0.2, 0.25) is 5.91 Å². The van der Waals surface area contributed by atoms with Gasteiger partial charge >= 0.3 is 0 Å². The summed E-state index contributed by atoms with van der Waals surface area (Å²) in [6.45, 7) is 1.98. The minimum Gasteiger partial charge on any atom is -0.324 e. The van der Waals surface area contributed by atoms with E-state index in [-0.39, 0.29) is 5.91 Å². The number of carbonyl (C=O) groups excluding carboxylic acids is 1. The molecule has 0 aliphatic rings. The van der Waals surface area contributed by atoms with Gasteiger partial charge in [-0.1, -0.05) is 12.1 Å². The van der Waals surface area contributed by atoms with Gasteiger partial charge in [0, 0.05) is 4.47 Å². The molecule has 1 amide bonds. The van der Waals surface area contributed by atoms with Crippen LogP contribution in [-0.2, 0) is 4.79 Å². The number of amides is 1. The molecular formula is C12H17BrN2OS. The molecule has 0 unspecified atom stereocenters. The topological polar surface area (TPSA) is 55.1 Å². The van der Waals surface area contributed by atoms with Crippen LogP contribution in [0, 0.1) is 6.92 Å². The molecule has 94 valence electrons. The number of thioether (sulfide) groups is 1. The molecular weight excluding hydrogens is 300 g/mol. The summed E-state index contributed by atoms with van der Waals surface area (Å²) >= 11 is 5.14. The normalized spacial score (nSPS) is 12.2. The smallest absolute Gasteiger partial charge is 0.241 e. The molecule has 3 N–H and O–H groups in total. The average Bonchev–Trinajstić information content (AvgIpc) is 2.31. The summed E-state index contributed by atoms with van der Waals surface area (Å²) in [5.41, 5.74) is 7.66. The van der Waals surface area contributed by atoms with Gasteiger partial charge in [0.25, 0.3) is 0 Å². The van der Waals surface area contributed by atoms with E-state index in [1.165, 1.54) is 0 Å². The molecule has 3 nitrogen and oxygen atoms in total. The highest BCUT2D eigenvalue weighted by Gasteiger charge is 2.14. The van der Waals surface area contributed by atoms with E-state index in [2.05, 4.69) is 21.2 Å². The van der Waals surface area contributed by atoms with Crippen molar-refractivity contribution in [2.24, 2.45) is 5.73 Å². The molecule has 0 heterocycles. The molecule has 5 heteroatoms. The number of aryl methyl sites for hydroxylation is 1.